The SMILES string of the molecule is CCC(SOSC(CC)C(=O)O)C(=O)O. The smallest absolute Gasteiger partial charge is 0.319 e. The second-order valence-corrected chi connectivity index (χ2v) is 4.80. The van der Waals surface area contributed by atoms with Crippen molar-refractivity contribution in [3.05, 3.63) is 0 Å². The largest absolute Gasteiger partial charge is 0.480 e. The fourth-order valence-electron chi connectivity index (χ4n) is 0.685. The average Bonchev–Trinajstić information content (AvgIpc) is 2.17. The summed E-state index contributed by atoms with van der Waals surface area (Å²) in [6, 6.07) is 0. The summed E-state index contributed by atoms with van der Waals surface area (Å²) >= 11 is 1.58. The summed E-state index contributed by atoms with van der Waals surface area (Å²) in [5.41, 5.74) is 0. The molecule has 0 aromatic rings. The first-order valence-electron chi connectivity index (χ1n) is 4.47. The van der Waals surface area contributed by atoms with Crippen LogP contribution in [0.4, 0.5) is 0 Å². The Hall–Kier alpha value is -0.400. The molecule has 0 spiro atoms. The maximum Gasteiger partial charge on any atom is 0.319 e. The number of hydrogen-bond donors (Lipinski definition) is 2. The quantitative estimate of drug-likeness (QED) is 0.641. The minimum atomic E-state index is -0.952. The number of carboxylic acids is 2. The first-order valence-corrected chi connectivity index (χ1v) is 6.08. The van der Waals surface area contributed by atoms with Gasteiger partial charge in [-0.1, -0.05) is 13.8 Å². The molecule has 0 aliphatic heterocycles. The zero-order chi connectivity index (χ0) is 11.8. The highest BCUT2D eigenvalue weighted by Crippen LogP contribution is 2.26. The van der Waals surface area contributed by atoms with Crippen molar-refractivity contribution in [3.63, 3.8) is 0 Å². The normalized spacial score (nSPS) is 14.5. The standard InChI is InChI=1S/C8H14O5S2/c1-3-5(7(9)10)14-13-15-6(4-2)8(11)12/h5-6H,3-4H2,1-2H3,(H,9,10)(H,11,12). The Morgan fingerprint density at radius 2 is 1.40 bits per heavy atom. The Balaban J connectivity index is 3.85. The van der Waals surface area contributed by atoms with Crippen molar-refractivity contribution < 1.29 is 23.4 Å². The fraction of sp³-hybridized carbons (Fsp3) is 0.750. The number of carbonyl (C=O) groups is 2. The third kappa shape index (κ3) is 5.91. The van der Waals surface area contributed by atoms with E-state index in [4.69, 9.17) is 13.8 Å². The van der Waals surface area contributed by atoms with Crippen LogP contribution < -0.4 is 0 Å². The monoisotopic (exact) mass is 254 g/mol. The summed E-state index contributed by atoms with van der Waals surface area (Å²) in [6.45, 7) is 3.46. The molecule has 2 unspecified atom stereocenters. The lowest BCUT2D eigenvalue weighted by Crippen LogP contribution is -2.17. The molecule has 0 aliphatic rings. The van der Waals surface area contributed by atoms with Crippen LogP contribution in [0.1, 0.15) is 26.7 Å². The van der Waals surface area contributed by atoms with Crippen LogP contribution in [0, 0.1) is 0 Å². The third-order valence-electron chi connectivity index (χ3n) is 1.60. The van der Waals surface area contributed by atoms with Crippen molar-refractivity contribution in [2.75, 3.05) is 0 Å². The zero-order valence-corrected chi connectivity index (χ0v) is 10.1. The lowest BCUT2D eigenvalue weighted by Gasteiger charge is -2.10. The highest BCUT2D eigenvalue weighted by atomic mass is 32.2. The number of rotatable bonds is 8. The van der Waals surface area contributed by atoms with Gasteiger partial charge >= 0.3 is 11.9 Å². The predicted octanol–water partition coefficient (Wildman–Crippen LogP) is 2.03. The predicted molar refractivity (Wildman–Crippen MR) is 59.7 cm³/mol. The van der Waals surface area contributed by atoms with Crippen LogP contribution in [0.5, 0.6) is 0 Å². The highest BCUT2D eigenvalue weighted by Gasteiger charge is 2.21. The van der Waals surface area contributed by atoms with E-state index in [-0.39, 0.29) is 0 Å². The molecule has 15 heavy (non-hydrogen) atoms. The zero-order valence-electron chi connectivity index (χ0n) is 8.50. The van der Waals surface area contributed by atoms with E-state index in [1.165, 1.54) is 0 Å². The van der Waals surface area contributed by atoms with E-state index < -0.39 is 22.4 Å². The van der Waals surface area contributed by atoms with Gasteiger partial charge in [0.05, 0.1) is 0 Å². The Kier molecular flexibility index (Phi) is 7.63. The van der Waals surface area contributed by atoms with Crippen LogP contribution in [0.25, 0.3) is 0 Å². The Bertz CT molecular complexity index is 199. The van der Waals surface area contributed by atoms with E-state index in [0.29, 0.717) is 12.8 Å². The van der Waals surface area contributed by atoms with Crippen molar-refractivity contribution in [2.24, 2.45) is 0 Å². The summed E-state index contributed by atoms with van der Waals surface area (Å²) in [4.78, 5) is 21.2. The van der Waals surface area contributed by atoms with Gasteiger partial charge in [0.25, 0.3) is 0 Å². The number of hydrogen-bond acceptors (Lipinski definition) is 5. The van der Waals surface area contributed by atoms with Crippen LogP contribution in [-0.4, -0.2) is 32.7 Å². The molecule has 0 aliphatic carbocycles. The van der Waals surface area contributed by atoms with E-state index in [9.17, 15) is 9.59 Å². The maximum absolute atomic E-state index is 10.6. The molecule has 2 N–H and O–H groups in total. The van der Waals surface area contributed by atoms with Gasteiger partial charge in [-0.25, -0.2) is 3.63 Å². The van der Waals surface area contributed by atoms with Gasteiger partial charge in [-0.15, -0.1) is 0 Å². The van der Waals surface area contributed by atoms with E-state index in [1.54, 1.807) is 13.8 Å². The van der Waals surface area contributed by atoms with Gasteiger partial charge in [0.15, 0.2) is 0 Å². The molecule has 0 saturated heterocycles. The van der Waals surface area contributed by atoms with Gasteiger partial charge in [-0.2, -0.15) is 0 Å². The number of carboxylic acid groups (broad SMARTS) is 2. The molecule has 0 heterocycles. The lowest BCUT2D eigenvalue weighted by atomic mass is 10.3. The molecular weight excluding hydrogens is 240 g/mol. The van der Waals surface area contributed by atoms with E-state index in [0.717, 1.165) is 24.1 Å². The van der Waals surface area contributed by atoms with Crippen LogP contribution in [0.15, 0.2) is 0 Å². The van der Waals surface area contributed by atoms with Gasteiger partial charge < -0.3 is 10.2 Å². The lowest BCUT2D eigenvalue weighted by molar-refractivity contribution is -0.137. The van der Waals surface area contributed by atoms with E-state index in [1.807, 2.05) is 0 Å². The van der Waals surface area contributed by atoms with Crippen LogP contribution in [-0.2, 0) is 13.2 Å². The first-order chi connectivity index (χ1) is 7.02. The van der Waals surface area contributed by atoms with Gasteiger partial charge in [-0.05, 0) is 12.8 Å². The number of aliphatic carboxylic acids is 2. The first kappa shape index (κ1) is 14.6. The second-order valence-electron chi connectivity index (χ2n) is 2.73. The summed E-state index contributed by atoms with van der Waals surface area (Å²) in [5.74, 6) is -1.90. The van der Waals surface area contributed by atoms with Crippen molar-refractivity contribution in [1.29, 1.82) is 0 Å². The summed E-state index contributed by atoms with van der Waals surface area (Å²) in [5, 5.41) is 16.1. The summed E-state index contributed by atoms with van der Waals surface area (Å²) in [7, 11) is 0. The topological polar surface area (TPSA) is 83.8 Å². The highest BCUT2D eigenvalue weighted by molar-refractivity contribution is 8.09. The molecule has 0 aromatic carbocycles. The van der Waals surface area contributed by atoms with Gasteiger partial charge in [0.1, 0.15) is 10.5 Å². The molecule has 88 valence electrons. The molecule has 0 bridgehead atoms. The molecule has 0 fully saturated rings. The molecule has 0 rings (SSSR count). The van der Waals surface area contributed by atoms with Crippen LogP contribution in [0.2, 0.25) is 0 Å². The van der Waals surface area contributed by atoms with Crippen molar-refractivity contribution >= 4 is 36.0 Å². The van der Waals surface area contributed by atoms with Crippen LogP contribution >= 0.6 is 24.1 Å². The Labute approximate surface area is 97.0 Å². The molecule has 0 aromatic heterocycles. The van der Waals surface area contributed by atoms with Crippen LogP contribution in [0.3, 0.4) is 0 Å². The summed E-state index contributed by atoms with van der Waals surface area (Å²) in [6.07, 6.45) is 0.870. The third-order valence-corrected chi connectivity index (χ3v) is 3.77. The van der Waals surface area contributed by atoms with Gasteiger partial charge in [0.2, 0.25) is 0 Å². The molecule has 0 amide bonds. The Morgan fingerprint density at radius 1 is 1.07 bits per heavy atom. The second kappa shape index (κ2) is 7.84. The van der Waals surface area contributed by atoms with E-state index in [2.05, 4.69) is 0 Å². The molecule has 0 radical (unpaired) electrons. The van der Waals surface area contributed by atoms with Gasteiger partial charge in [-0.3, -0.25) is 9.59 Å². The minimum Gasteiger partial charge on any atom is -0.480 e. The van der Waals surface area contributed by atoms with Gasteiger partial charge in [0, 0.05) is 24.1 Å². The summed E-state index contributed by atoms with van der Waals surface area (Å²) < 4.78 is 4.93. The molecule has 2 atom stereocenters. The van der Waals surface area contributed by atoms with Crippen molar-refractivity contribution in [1.82, 2.24) is 0 Å². The van der Waals surface area contributed by atoms with Crippen molar-refractivity contribution in [2.45, 2.75) is 37.2 Å². The molecule has 5 nitrogen and oxygen atoms in total. The molecular formula is C8H14O5S2. The molecule has 7 heteroatoms. The Morgan fingerprint density at radius 3 is 1.60 bits per heavy atom. The minimum absolute atomic E-state index is 0.435. The maximum atomic E-state index is 10.6. The van der Waals surface area contributed by atoms with Crippen molar-refractivity contribution in [3.8, 4) is 0 Å². The fourth-order valence-corrected chi connectivity index (χ4v) is 2.06. The molecule has 0 saturated carbocycles. The average molecular weight is 254 g/mol. The van der Waals surface area contributed by atoms with E-state index >= 15 is 0 Å².